The minimum absolute atomic E-state index is 0.00738. The Hall–Kier alpha value is -3.23. The summed E-state index contributed by atoms with van der Waals surface area (Å²) in [5, 5.41) is 11.1. The van der Waals surface area contributed by atoms with E-state index in [1.54, 1.807) is 24.3 Å². The molecule has 0 aliphatic rings. The topological polar surface area (TPSA) is 69.9 Å². The fourth-order valence-electron chi connectivity index (χ4n) is 2.22. The first-order valence-corrected chi connectivity index (χ1v) is 7.53. The Labute approximate surface area is 146 Å². The second-order valence-electron chi connectivity index (χ2n) is 5.42. The number of Topliss-reactive ketones (excluding diaryl/α,β-unsaturated/α-hetero) is 1. The van der Waals surface area contributed by atoms with Gasteiger partial charge in [0.2, 0.25) is 0 Å². The van der Waals surface area contributed by atoms with Crippen LogP contribution in [0.15, 0.2) is 48.5 Å². The van der Waals surface area contributed by atoms with Gasteiger partial charge in [-0.3, -0.25) is 4.79 Å². The van der Waals surface area contributed by atoms with Gasteiger partial charge in [0, 0.05) is 5.56 Å². The maximum atomic E-state index is 12.6. The number of ketones is 1. The SMILES string of the molecule is CC(=O)c1ccc(OCc2nnnn2-c2ccc(C(F)(F)F)cc2)cc1. The van der Waals surface area contributed by atoms with Gasteiger partial charge in [-0.1, -0.05) is 0 Å². The largest absolute Gasteiger partial charge is 0.486 e. The van der Waals surface area contributed by atoms with Gasteiger partial charge in [-0.15, -0.1) is 5.10 Å². The Kier molecular flexibility index (Phi) is 4.70. The van der Waals surface area contributed by atoms with Crippen LogP contribution < -0.4 is 4.74 Å². The molecule has 3 aromatic rings. The van der Waals surface area contributed by atoms with Crippen LogP contribution >= 0.6 is 0 Å². The molecule has 0 fully saturated rings. The van der Waals surface area contributed by atoms with Crippen molar-refractivity contribution >= 4 is 5.78 Å². The van der Waals surface area contributed by atoms with Gasteiger partial charge >= 0.3 is 6.18 Å². The number of rotatable bonds is 5. The predicted octanol–water partition coefficient (Wildman–Crippen LogP) is 3.46. The van der Waals surface area contributed by atoms with Gasteiger partial charge < -0.3 is 4.74 Å². The van der Waals surface area contributed by atoms with E-state index in [2.05, 4.69) is 15.5 Å². The molecule has 0 radical (unpaired) electrons. The van der Waals surface area contributed by atoms with Crippen LogP contribution in [0.3, 0.4) is 0 Å². The van der Waals surface area contributed by atoms with Crippen LogP contribution in [0.4, 0.5) is 13.2 Å². The van der Waals surface area contributed by atoms with Crippen molar-refractivity contribution in [2.45, 2.75) is 19.7 Å². The Morgan fingerprint density at radius 3 is 2.31 bits per heavy atom. The summed E-state index contributed by atoms with van der Waals surface area (Å²) in [6.45, 7) is 1.47. The molecule has 0 atom stereocenters. The van der Waals surface area contributed by atoms with Crippen molar-refractivity contribution in [3.05, 3.63) is 65.5 Å². The van der Waals surface area contributed by atoms with Crippen LogP contribution in [0.1, 0.15) is 28.7 Å². The first-order valence-electron chi connectivity index (χ1n) is 7.53. The summed E-state index contributed by atoms with van der Waals surface area (Å²) in [5.41, 5.74) is 0.193. The Bertz CT molecular complexity index is 903. The van der Waals surface area contributed by atoms with E-state index in [1.165, 1.54) is 23.7 Å². The van der Waals surface area contributed by atoms with Crippen molar-refractivity contribution in [3.63, 3.8) is 0 Å². The molecule has 0 spiro atoms. The van der Waals surface area contributed by atoms with Gasteiger partial charge in [-0.2, -0.15) is 17.9 Å². The second-order valence-corrected chi connectivity index (χ2v) is 5.42. The minimum atomic E-state index is -4.41. The average Bonchev–Trinajstić information content (AvgIpc) is 3.08. The molecule has 0 bridgehead atoms. The molecule has 3 rings (SSSR count). The maximum absolute atomic E-state index is 12.6. The molecular weight excluding hydrogens is 349 g/mol. The Balaban J connectivity index is 1.73. The molecule has 1 heterocycles. The van der Waals surface area contributed by atoms with Crippen LogP contribution in [0.5, 0.6) is 5.75 Å². The molecule has 0 N–H and O–H groups in total. The molecule has 2 aromatic carbocycles. The molecule has 0 saturated carbocycles. The number of benzene rings is 2. The molecule has 26 heavy (non-hydrogen) atoms. The van der Waals surface area contributed by atoms with Gasteiger partial charge in [0.15, 0.2) is 11.6 Å². The number of ether oxygens (including phenoxy) is 1. The predicted molar refractivity (Wildman–Crippen MR) is 84.9 cm³/mol. The van der Waals surface area contributed by atoms with Gasteiger partial charge in [0.1, 0.15) is 12.4 Å². The first-order chi connectivity index (χ1) is 12.3. The minimum Gasteiger partial charge on any atom is -0.486 e. The summed E-state index contributed by atoms with van der Waals surface area (Å²) in [6.07, 6.45) is -4.41. The summed E-state index contributed by atoms with van der Waals surface area (Å²) in [5.74, 6) is 0.778. The third kappa shape index (κ3) is 3.88. The molecule has 0 amide bonds. The number of halogens is 3. The first kappa shape index (κ1) is 17.6. The third-order valence-corrected chi connectivity index (χ3v) is 3.60. The zero-order valence-corrected chi connectivity index (χ0v) is 13.6. The van der Waals surface area contributed by atoms with Crippen molar-refractivity contribution in [3.8, 4) is 11.4 Å². The number of aromatic nitrogens is 4. The highest BCUT2D eigenvalue weighted by atomic mass is 19.4. The van der Waals surface area contributed by atoms with E-state index < -0.39 is 11.7 Å². The quantitative estimate of drug-likeness (QED) is 0.650. The van der Waals surface area contributed by atoms with Crippen LogP contribution in [-0.4, -0.2) is 26.0 Å². The van der Waals surface area contributed by atoms with Gasteiger partial charge in [-0.25, -0.2) is 0 Å². The number of nitrogens with zero attached hydrogens (tertiary/aromatic N) is 4. The fraction of sp³-hybridized carbons (Fsp3) is 0.176. The van der Waals surface area contributed by atoms with Gasteiger partial charge in [0.25, 0.3) is 0 Å². The normalized spacial score (nSPS) is 11.4. The van der Waals surface area contributed by atoms with E-state index in [9.17, 15) is 18.0 Å². The lowest BCUT2D eigenvalue weighted by atomic mass is 10.1. The molecule has 0 unspecified atom stereocenters. The van der Waals surface area contributed by atoms with Crippen molar-refractivity contribution < 1.29 is 22.7 Å². The number of carbonyl (C=O) groups is 1. The lowest BCUT2D eigenvalue weighted by molar-refractivity contribution is -0.137. The monoisotopic (exact) mass is 362 g/mol. The molecule has 9 heteroatoms. The number of carbonyl (C=O) groups excluding carboxylic acids is 1. The zero-order valence-electron chi connectivity index (χ0n) is 13.6. The van der Waals surface area contributed by atoms with Crippen molar-refractivity contribution in [2.24, 2.45) is 0 Å². The molecule has 134 valence electrons. The van der Waals surface area contributed by atoms with Crippen LogP contribution in [0.25, 0.3) is 5.69 Å². The van der Waals surface area contributed by atoms with E-state index in [4.69, 9.17) is 4.74 Å². The van der Waals surface area contributed by atoms with E-state index >= 15 is 0 Å². The van der Waals surface area contributed by atoms with Crippen LogP contribution in [-0.2, 0) is 12.8 Å². The Morgan fingerprint density at radius 2 is 1.73 bits per heavy atom. The second kappa shape index (κ2) is 6.95. The lowest BCUT2D eigenvalue weighted by Crippen LogP contribution is -2.08. The highest BCUT2D eigenvalue weighted by Gasteiger charge is 2.30. The summed E-state index contributed by atoms with van der Waals surface area (Å²) in [7, 11) is 0. The van der Waals surface area contributed by atoms with Gasteiger partial charge in [0.05, 0.1) is 11.3 Å². The summed E-state index contributed by atoms with van der Waals surface area (Å²) >= 11 is 0. The standard InChI is InChI=1S/C17H13F3N4O2/c1-11(25)12-2-8-15(9-3-12)26-10-16-21-22-23-24(16)14-6-4-13(5-7-14)17(18,19)20/h2-9H,10H2,1H3. The zero-order chi connectivity index (χ0) is 18.7. The van der Waals surface area contributed by atoms with Crippen LogP contribution in [0, 0.1) is 0 Å². The molecule has 1 aromatic heterocycles. The van der Waals surface area contributed by atoms with E-state index in [1.807, 2.05) is 0 Å². The molecule has 0 saturated heterocycles. The van der Waals surface area contributed by atoms with Crippen molar-refractivity contribution in [1.29, 1.82) is 0 Å². The average molecular weight is 362 g/mol. The fourth-order valence-corrected chi connectivity index (χ4v) is 2.22. The molecule has 6 nitrogen and oxygen atoms in total. The number of hydrogen-bond acceptors (Lipinski definition) is 5. The number of hydrogen-bond donors (Lipinski definition) is 0. The smallest absolute Gasteiger partial charge is 0.416 e. The highest BCUT2D eigenvalue weighted by Crippen LogP contribution is 2.29. The maximum Gasteiger partial charge on any atom is 0.416 e. The molecule has 0 aliphatic carbocycles. The number of alkyl halides is 3. The van der Waals surface area contributed by atoms with Crippen molar-refractivity contribution in [1.82, 2.24) is 20.2 Å². The highest BCUT2D eigenvalue weighted by molar-refractivity contribution is 5.94. The van der Waals surface area contributed by atoms with E-state index in [-0.39, 0.29) is 12.4 Å². The summed E-state index contributed by atoms with van der Waals surface area (Å²) in [4.78, 5) is 11.2. The number of tetrazole rings is 1. The summed E-state index contributed by atoms with van der Waals surface area (Å²) < 4.78 is 44.8. The Morgan fingerprint density at radius 1 is 1.08 bits per heavy atom. The van der Waals surface area contributed by atoms with Gasteiger partial charge in [-0.05, 0) is 65.9 Å². The molecule has 0 aliphatic heterocycles. The lowest BCUT2D eigenvalue weighted by Gasteiger charge is -2.09. The van der Waals surface area contributed by atoms with Crippen LogP contribution in [0.2, 0.25) is 0 Å². The third-order valence-electron chi connectivity index (χ3n) is 3.60. The van der Waals surface area contributed by atoms with E-state index in [0.29, 0.717) is 22.8 Å². The van der Waals surface area contributed by atoms with E-state index in [0.717, 1.165) is 12.1 Å². The van der Waals surface area contributed by atoms with Crippen molar-refractivity contribution in [2.75, 3.05) is 0 Å². The summed E-state index contributed by atoms with van der Waals surface area (Å²) in [6, 6.07) is 11.0. The molecular formula is C17H13F3N4O2.